The SMILES string of the molecule is C=CCCCCCCCCCCCCCCCC(=O)O[C@@H](COC(=O)CCC/C=C/CCCCCCCCCCCCCCCCCCCC)COP(=O)([O-])OCC[N+](C)(C)C. The third-order valence-corrected chi connectivity index (χ3v) is 12.6. The number of phosphoric acid groups is 1. The molecule has 0 bridgehead atoms. The van der Waals surface area contributed by atoms with Crippen LogP contribution in [0.4, 0.5) is 0 Å². The molecule has 366 valence electrons. The lowest BCUT2D eigenvalue weighted by molar-refractivity contribution is -0.870. The Morgan fingerprint density at radius 1 is 0.532 bits per heavy atom. The first-order valence-electron chi connectivity index (χ1n) is 26.0. The molecule has 0 N–H and O–H groups in total. The number of phosphoric ester groups is 1. The van der Waals surface area contributed by atoms with Crippen LogP contribution in [0.1, 0.15) is 244 Å². The maximum absolute atomic E-state index is 12.7. The zero-order valence-electron chi connectivity index (χ0n) is 41.2. The number of likely N-dealkylation sites (N-methyl/N-ethyl adjacent to an activating group) is 1. The Morgan fingerprint density at radius 2 is 0.919 bits per heavy atom. The van der Waals surface area contributed by atoms with Crippen LogP contribution in [-0.2, 0) is 32.7 Å². The third-order valence-electron chi connectivity index (χ3n) is 11.6. The minimum absolute atomic E-state index is 0.0333. The van der Waals surface area contributed by atoms with E-state index in [1.165, 1.54) is 173 Å². The largest absolute Gasteiger partial charge is 0.756 e. The molecule has 0 rings (SSSR count). The quantitative estimate of drug-likeness (QED) is 0.0195. The molecular formula is C52H100NO8P. The first-order valence-corrected chi connectivity index (χ1v) is 27.5. The third kappa shape index (κ3) is 48.0. The fraction of sp³-hybridized carbons (Fsp3) is 0.885. The van der Waals surface area contributed by atoms with E-state index in [9.17, 15) is 19.0 Å². The molecule has 0 aromatic rings. The minimum atomic E-state index is -4.63. The Balaban J connectivity index is 4.19. The molecule has 10 heteroatoms. The zero-order valence-corrected chi connectivity index (χ0v) is 42.1. The molecule has 1 unspecified atom stereocenters. The molecule has 0 amide bonds. The summed E-state index contributed by atoms with van der Waals surface area (Å²) in [5.74, 6) is -0.863. The van der Waals surface area contributed by atoms with Gasteiger partial charge in [0, 0.05) is 12.8 Å². The number of carbonyl (C=O) groups is 2. The van der Waals surface area contributed by atoms with Gasteiger partial charge < -0.3 is 27.9 Å². The van der Waals surface area contributed by atoms with E-state index in [1.807, 2.05) is 27.2 Å². The van der Waals surface area contributed by atoms with Crippen LogP contribution in [0, 0.1) is 0 Å². The summed E-state index contributed by atoms with van der Waals surface area (Å²) < 4.78 is 34.0. The smallest absolute Gasteiger partial charge is 0.306 e. The first-order chi connectivity index (χ1) is 30.0. The van der Waals surface area contributed by atoms with Crippen molar-refractivity contribution in [3.63, 3.8) is 0 Å². The number of unbranched alkanes of at least 4 members (excludes halogenated alkanes) is 32. The van der Waals surface area contributed by atoms with Crippen LogP contribution in [0.2, 0.25) is 0 Å². The molecule has 0 spiro atoms. The average Bonchev–Trinajstić information content (AvgIpc) is 3.23. The summed E-state index contributed by atoms with van der Waals surface area (Å²) in [7, 11) is 1.16. The van der Waals surface area contributed by atoms with E-state index in [0.717, 1.165) is 38.5 Å². The molecule has 9 nitrogen and oxygen atoms in total. The Morgan fingerprint density at radius 3 is 1.35 bits per heavy atom. The molecule has 0 heterocycles. The summed E-state index contributed by atoms with van der Waals surface area (Å²) in [6.07, 6.45) is 49.7. The average molecular weight is 898 g/mol. The number of esters is 2. The standard InChI is InChI=1S/C52H100NO8P/c1-6-8-10-12-14-16-18-20-22-23-24-25-26-27-28-29-31-32-34-36-38-40-42-44-51(54)58-48-50(49-60-62(56,57)59-47-46-53(3,4)5)61-52(55)45-43-41-39-37-35-33-30-21-19-17-15-13-11-9-7-2/h7,36,38,50H,2,6,8-35,37,39-49H2,1,3-5H3/b38-36+/t50-/m0/s1. The second kappa shape index (κ2) is 44.7. The van der Waals surface area contributed by atoms with Gasteiger partial charge in [0.25, 0.3) is 7.82 Å². The maximum atomic E-state index is 12.7. The first kappa shape index (κ1) is 60.5. The molecule has 0 aliphatic rings. The highest BCUT2D eigenvalue weighted by atomic mass is 31.2. The highest BCUT2D eigenvalue weighted by molar-refractivity contribution is 7.45. The highest BCUT2D eigenvalue weighted by Gasteiger charge is 2.21. The van der Waals surface area contributed by atoms with Crippen LogP contribution in [-0.4, -0.2) is 70.0 Å². The van der Waals surface area contributed by atoms with E-state index in [1.54, 1.807) is 0 Å². The summed E-state index contributed by atoms with van der Waals surface area (Å²) in [6, 6.07) is 0. The number of rotatable bonds is 49. The van der Waals surface area contributed by atoms with Gasteiger partial charge in [0.15, 0.2) is 6.10 Å². The Kier molecular flexibility index (Phi) is 43.6. The second-order valence-corrected chi connectivity index (χ2v) is 20.4. The van der Waals surface area contributed by atoms with E-state index in [-0.39, 0.29) is 26.1 Å². The van der Waals surface area contributed by atoms with Crippen molar-refractivity contribution in [3.05, 3.63) is 24.8 Å². The number of ether oxygens (including phenoxy) is 2. The van der Waals surface area contributed by atoms with Crippen molar-refractivity contribution in [2.24, 2.45) is 0 Å². The van der Waals surface area contributed by atoms with Crippen molar-refractivity contribution < 1.29 is 42.1 Å². The topological polar surface area (TPSA) is 111 Å². The summed E-state index contributed by atoms with van der Waals surface area (Å²) in [5, 5.41) is 0. The van der Waals surface area contributed by atoms with Gasteiger partial charge in [-0.3, -0.25) is 14.2 Å². The number of carbonyl (C=O) groups excluding carboxylic acids is 2. The molecule has 0 aromatic carbocycles. The van der Waals surface area contributed by atoms with Crippen LogP contribution < -0.4 is 4.89 Å². The number of nitrogens with zero attached hydrogens (tertiary/aromatic N) is 1. The van der Waals surface area contributed by atoms with Crippen molar-refractivity contribution in [2.45, 2.75) is 251 Å². The number of hydrogen-bond donors (Lipinski definition) is 0. The van der Waals surface area contributed by atoms with Gasteiger partial charge in [-0.15, -0.1) is 6.58 Å². The molecule has 0 fully saturated rings. The Bertz CT molecular complexity index is 1090. The van der Waals surface area contributed by atoms with Gasteiger partial charge in [-0.2, -0.15) is 0 Å². The number of quaternary nitrogens is 1. The molecule has 0 aliphatic carbocycles. The molecule has 0 saturated heterocycles. The molecule has 0 aliphatic heterocycles. The van der Waals surface area contributed by atoms with Crippen LogP contribution >= 0.6 is 7.82 Å². The van der Waals surface area contributed by atoms with E-state index in [0.29, 0.717) is 23.9 Å². The molecule has 2 atom stereocenters. The van der Waals surface area contributed by atoms with Crippen LogP contribution in [0.5, 0.6) is 0 Å². The highest BCUT2D eigenvalue weighted by Crippen LogP contribution is 2.38. The molecule has 0 saturated carbocycles. The van der Waals surface area contributed by atoms with Crippen LogP contribution in [0.3, 0.4) is 0 Å². The predicted molar refractivity (Wildman–Crippen MR) is 259 cm³/mol. The van der Waals surface area contributed by atoms with Crippen molar-refractivity contribution in [1.29, 1.82) is 0 Å². The Hall–Kier alpha value is -1.51. The van der Waals surface area contributed by atoms with E-state index in [2.05, 4.69) is 25.7 Å². The lowest BCUT2D eigenvalue weighted by atomic mass is 10.0. The van der Waals surface area contributed by atoms with Gasteiger partial charge in [0.1, 0.15) is 19.8 Å². The number of allylic oxidation sites excluding steroid dienone is 3. The lowest BCUT2D eigenvalue weighted by Crippen LogP contribution is -2.37. The summed E-state index contributed by atoms with van der Waals surface area (Å²) >= 11 is 0. The van der Waals surface area contributed by atoms with Gasteiger partial charge in [0.2, 0.25) is 0 Å². The summed E-state index contributed by atoms with van der Waals surface area (Å²) in [4.78, 5) is 37.7. The minimum Gasteiger partial charge on any atom is -0.756 e. The van der Waals surface area contributed by atoms with E-state index < -0.39 is 32.5 Å². The molecule has 0 aromatic heterocycles. The molecule has 0 radical (unpaired) electrons. The maximum Gasteiger partial charge on any atom is 0.306 e. The monoisotopic (exact) mass is 898 g/mol. The van der Waals surface area contributed by atoms with Crippen molar-refractivity contribution >= 4 is 19.8 Å². The molecule has 62 heavy (non-hydrogen) atoms. The van der Waals surface area contributed by atoms with Crippen LogP contribution in [0.25, 0.3) is 0 Å². The van der Waals surface area contributed by atoms with Crippen LogP contribution in [0.15, 0.2) is 24.8 Å². The van der Waals surface area contributed by atoms with Gasteiger partial charge >= 0.3 is 11.9 Å². The summed E-state index contributed by atoms with van der Waals surface area (Å²) in [5.41, 5.74) is 0. The Labute approximate surface area is 383 Å². The molecular weight excluding hydrogens is 798 g/mol. The van der Waals surface area contributed by atoms with Gasteiger partial charge in [-0.05, 0) is 44.9 Å². The lowest BCUT2D eigenvalue weighted by Gasteiger charge is -2.28. The zero-order chi connectivity index (χ0) is 45.7. The van der Waals surface area contributed by atoms with E-state index in [4.69, 9.17) is 18.5 Å². The van der Waals surface area contributed by atoms with Gasteiger partial charge in [-0.25, -0.2) is 0 Å². The predicted octanol–water partition coefficient (Wildman–Crippen LogP) is 14.8. The second-order valence-electron chi connectivity index (χ2n) is 19.0. The van der Waals surface area contributed by atoms with Gasteiger partial charge in [0.05, 0.1) is 27.7 Å². The number of hydrogen-bond acceptors (Lipinski definition) is 8. The normalized spacial score (nSPS) is 13.4. The van der Waals surface area contributed by atoms with Crippen molar-refractivity contribution in [1.82, 2.24) is 0 Å². The fourth-order valence-electron chi connectivity index (χ4n) is 7.52. The van der Waals surface area contributed by atoms with Crippen molar-refractivity contribution in [3.8, 4) is 0 Å². The van der Waals surface area contributed by atoms with Gasteiger partial charge in [-0.1, -0.05) is 205 Å². The van der Waals surface area contributed by atoms with E-state index >= 15 is 0 Å². The van der Waals surface area contributed by atoms with Crippen molar-refractivity contribution in [2.75, 3.05) is 47.5 Å². The summed E-state index contributed by atoms with van der Waals surface area (Å²) in [6.45, 7) is 5.76. The fourth-order valence-corrected chi connectivity index (χ4v) is 8.25.